The number of para-hydroxylation sites is 2. The van der Waals surface area contributed by atoms with Gasteiger partial charge in [0.25, 0.3) is 10.0 Å². The van der Waals surface area contributed by atoms with Gasteiger partial charge in [0.15, 0.2) is 0 Å². The normalized spacial score (nSPS) is 11.4. The van der Waals surface area contributed by atoms with Crippen molar-refractivity contribution in [2.75, 3.05) is 16.2 Å². The molecule has 0 saturated heterocycles. The predicted octanol–water partition coefficient (Wildman–Crippen LogP) is 3.73. The Balaban J connectivity index is 1.59. The Hall–Kier alpha value is -3.65. The molecule has 0 unspecified atom stereocenters. The van der Waals surface area contributed by atoms with E-state index < -0.39 is 10.0 Å². The summed E-state index contributed by atoms with van der Waals surface area (Å²) >= 11 is 0. The Kier molecular flexibility index (Phi) is 5.73. The first-order valence-corrected chi connectivity index (χ1v) is 11.3. The number of hydrogen-bond acceptors (Lipinski definition) is 4. The van der Waals surface area contributed by atoms with Crippen molar-refractivity contribution in [3.63, 3.8) is 0 Å². The van der Waals surface area contributed by atoms with Crippen LogP contribution in [0.1, 0.15) is 12.6 Å². The number of carbonyl (C=O) groups excluding carboxylic acids is 1. The van der Waals surface area contributed by atoms with E-state index in [-0.39, 0.29) is 29.5 Å². The zero-order valence-corrected chi connectivity index (χ0v) is 17.8. The second kappa shape index (κ2) is 8.61. The molecule has 1 N–H and O–H groups in total. The first-order chi connectivity index (χ1) is 15.0. The van der Waals surface area contributed by atoms with Crippen molar-refractivity contribution in [1.29, 1.82) is 0 Å². The van der Waals surface area contributed by atoms with Crippen molar-refractivity contribution in [1.82, 2.24) is 9.38 Å². The van der Waals surface area contributed by atoms with Crippen LogP contribution in [0.5, 0.6) is 0 Å². The molecule has 8 heteroatoms. The molecule has 0 saturated carbocycles. The van der Waals surface area contributed by atoms with Crippen LogP contribution in [0.3, 0.4) is 0 Å². The monoisotopic (exact) mass is 434 g/mol. The van der Waals surface area contributed by atoms with E-state index in [1.165, 1.54) is 10.4 Å². The number of rotatable bonds is 7. The van der Waals surface area contributed by atoms with Gasteiger partial charge in [-0.1, -0.05) is 36.4 Å². The molecular weight excluding hydrogens is 412 g/mol. The summed E-state index contributed by atoms with van der Waals surface area (Å²) in [5.41, 5.74) is 2.15. The highest BCUT2D eigenvalue weighted by Crippen LogP contribution is 2.28. The maximum atomic E-state index is 13.4. The number of pyridine rings is 1. The summed E-state index contributed by atoms with van der Waals surface area (Å²) in [6.07, 6.45) is 3.67. The van der Waals surface area contributed by atoms with Crippen LogP contribution in [-0.4, -0.2) is 30.3 Å². The molecule has 0 radical (unpaired) electrons. The van der Waals surface area contributed by atoms with E-state index in [1.807, 2.05) is 34.9 Å². The summed E-state index contributed by atoms with van der Waals surface area (Å²) in [4.78, 5) is 17.1. The van der Waals surface area contributed by atoms with Crippen molar-refractivity contribution < 1.29 is 13.2 Å². The number of sulfonamides is 1. The molecule has 31 heavy (non-hydrogen) atoms. The molecule has 0 aliphatic rings. The van der Waals surface area contributed by atoms with Crippen molar-refractivity contribution in [3.05, 3.63) is 90.9 Å². The molecule has 0 spiro atoms. The summed E-state index contributed by atoms with van der Waals surface area (Å²) in [7, 11) is -3.87. The molecule has 0 bridgehead atoms. The lowest BCUT2D eigenvalue weighted by molar-refractivity contribution is -0.115. The van der Waals surface area contributed by atoms with E-state index in [2.05, 4.69) is 10.3 Å². The topological polar surface area (TPSA) is 83.8 Å². The Bertz CT molecular complexity index is 1280. The van der Waals surface area contributed by atoms with Gasteiger partial charge in [-0.3, -0.25) is 9.10 Å². The molecule has 2 aromatic carbocycles. The van der Waals surface area contributed by atoms with E-state index in [9.17, 15) is 13.2 Å². The largest absolute Gasteiger partial charge is 0.325 e. The molecule has 0 fully saturated rings. The molecular formula is C23H22N4O3S. The third-order valence-corrected chi connectivity index (χ3v) is 6.78. The van der Waals surface area contributed by atoms with Gasteiger partial charge in [0.05, 0.1) is 23.5 Å². The Labute approximate surface area is 181 Å². The first kappa shape index (κ1) is 20.6. The third kappa shape index (κ3) is 4.29. The molecule has 4 rings (SSSR count). The smallest absolute Gasteiger partial charge is 0.266 e. The lowest BCUT2D eigenvalue weighted by atomic mass is 10.3. The molecule has 2 heterocycles. The number of anilines is 2. The fourth-order valence-electron chi connectivity index (χ4n) is 3.43. The van der Waals surface area contributed by atoms with Gasteiger partial charge in [-0.15, -0.1) is 0 Å². The van der Waals surface area contributed by atoms with E-state index in [4.69, 9.17) is 0 Å². The fourth-order valence-corrected chi connectivity index (χ4v) is 5.05. The zero-order valence-electron chi connectivity index (χ0n) is 17.0. The Morgan fingerprint density at radius 1 is 1.00 bits per heavy atom. The maximum Gasteiger partial charge on any atom is 0.266 e. The molecule has 0 aliphatic carbocycles. The van der Waals surface area contributed by atoms with Crippen molar-refractivity contribution in [2.45, 2.75) is 18.2 Å². The molecule has 2 aromatic heterocycles. The van der Waals surface area contributed by atoms with Gasteiger partial charge in [0.2, 0.25) is 5.91 Å². The average molecular weight is 435 g/mol. The van der Waals surface area contributed by atoms with Crippen LogP contribution in [-0.2, 0) is 21.2 Å². The van der Waals surface area contributed by atoms with Gasteiger partial charge >= 0.3 is 0 Å². The standard InChI is InChI=1S/C23H22N4O3S/c1-2-27(19-10-4-3-5-11-19)31(29,30)21-13-7-6-12-20(21)25-23(28)16-18-17-26-15-9-8-14-22(26)24-18/h3-15,17H,2,16H2,1H3,(H,25,28). The number of nitrogens with zero attached hydrogens (tertiary/aromatic N) is 3. The van der Waals surface area contributed by atoms with E-state index >= 15 is 0 Å². The number of amides is 1. The lowest BCUT2D eigenvalue weighted by Crippen LogP contribution is -2.31. The number of imidazole rings is 1. The van der Waals surface area contributed by atoms with Crippen LogP contribution in [0, 0.1) is 0 Å². The molecule has 0 aliphatic heterocycles. The summed E-state index contributed by atoms with van der Waals surface area (Å²) < 4.78 is 30.0. The number of benzene rings is 2. The van der Waals surface area contributed by atoms with Crippen LogP contribution in [0.25, 0.3) is 5.65 Å². The predicted molar refractivity (Wildman–Crippen MR) is 121 cm³/mol. The van der Waals surface area contributed by atoms with E-state index in [0.29, 0.717) is 11.4 Å². The molecule has 4 aromatic rings. The van der Waals surface area contributed by atoms with Crippen LogP contribution in [0.2, 0.25) is 0 Å². The number of carbonyl (C=O) groups is 1. The minimum absolute atomic E-state index is 0.0340. The highest BCUT2D eigenvalue weighted by atomic mass is 32.2. The number of fused-ring (bicyclic) bond motifs is 1. The minimum atomic E-state index is -3.87. The molecule has 1 amide bonds. The van der Waals surface area contributed by atoms with Crippen molar-refractivity contribution in [3.8, 4) is 0 Å². The van der Waals surface area contributed by atoms with Crippen LogP contribution < -0.4 is 9.62 Å². The first-order valence-electron chi connectivity index (χ1n) is 9.88. The SMILES string of the molecule is CCN(c1ccccc1)S(=O)(=O)c1ccccc1NC(=O)Cc1cn2ccccc2n1. The number of hydrogen-bond donors (Lipinski definition) is 1. The van der Waals surface area contributed by atoms with Crippen LogP contribution in [0.4, 0.5) is 11.4 Å². The molecule has 158 valence electrons. The second-order valence-electron chi connectivity index (χ2n) is 6.92. The summed E-state index contributed by atoms with van der Waals surface area (Å²) in [5, 5.41) is 2.75. The van der Waals surface area contributed by atoms with Gasteiger partial charge in [0, 0.05) is 18.9 Å². The molecule has 0 atom stereocenters. The van der Waals surface area contributed by atoms with Crippen molar-refractivity contribution in [2.24, 2.45) is 0 Å². The lowest BCUT2D eigenvalue weighted by Gasteiger charge is -2.24. The summed E-state index contributed by atoms with van der Waals surface area (Å²) in [5.74, 6) is -0.339. The van der Waals surface area contributed by atoms with E-state index in [1.54, 1.807) is 55.6 Å². The Morgan fingerprint density at radius 2 is 1.71 bits per heavy atom. The average Bonchev–Trinajstić information content (AvgIpc) is 3.17. The van der Waals surface area contributed by atoms with Gasteiger partial charge < -0.3 is 9.72 Å². The Morgan fingerprint density at radius 3 is 2.45 bits per heavy atom. The van der Waals surface area contributed by atoms with Crippen molar-refractivity contribution >= 4 is 33.0 Å². The van der Waals surface area contributed by atoms with Gasteiger partial charge in [-0.05, 0) is 43.3 Å². The second-order valence-corrected chi connectivity index (χ2v) is 8.76. The quantitative estimate of drug-likeness (QED) is 0.480. The van der Waals surface area contributed by atoms with Crippen LogP contribution in [0.15, 0.2) is 90.1 Å². The van der Waals surface area contributed by atoms with Gasteiger partial charge in [-0.25, -0.2) is 13.4 Å². The third-order valence-electron chi connectivity index (χ3n) is 4.82. The van der Waals surface area contributed by atoms with Gasteiger partial charge in [0.1, 0.15) is 10.5 Å². The van der Waals surface area contributed by atoms with Crippen LogP contribution >= 0.6 is 0 Å². The summed E-state index contributed by atoms with van der Waals surface area (Å²) in [6, 6.07) is 20.9. The number of nitrogens with one attached hydrogen (secondary N) is 1. The summed E-state index contributed by atoms with van der Waals surface area (Å²) in [6.45, 7) is 2.03. The fraction of sp³-hybridized carbons (Fsp3) is 0.130. The maximum absolute atomic E-state index is 13.4. The van der Waals surface area contributed by atoms with Gasteiger partial charge in [-0.2, -0.15) is 0 Å². The van der Waals surface area contributed by atoms with E-state index in [0.717, 1.165) is 5.65 Å². The number of aromatic nitrogens is 2. The zero-order chi connectivity index (χ0) is 21.8. The highest BCUT2D eigenvalue weighted by molar-refractivity contribution is 7.93. The molecule has 7 nitrogen and oxygen atoms in total. The minimum Gasteiger partial charge on any atom is -0.325 e. The highest BCUT2D eigenvalue weighted by Gasteiger charge is 2.26.